The lowest BCUT2D eigenvalue weighted by Crippen LogP contribution is -2.14. The number of aryl methyl sites for hydroxylation is 2. The van der Waals surface area contributed by atoms with Crippen LogP contribution >= 0.6 is 11.3 Å². The Morgan fingerprint density at radius 2 is 1.92 bits per heavy atom. The van der Waals surface area contributed by atoms with Crippen molar-refractivity contribution in [1.82, 2.24) is 9.55 Å². The summed E-state index contributed by atoms with van der Waals surface area (Å²) in [5.74, 6) is -0.501. The molecule has 0 saturated carbocycles. The van der Waals surface area contributed by atoms with Crippen molar-refractivity contribution in [3.8, 4) is 10.7 Å². The summed E-state index contributed by atoms with van der Waals surface area (Å²) < 4.78 is 43.0. The van der Waals surface area contributed by atoms with E-state index in [4.69, 9.17) is 0 Å². The number of halogens is 1. The van der Waals surface area contributed by atoms with Gasteiger partial charge in [-0.2, -0.15) is 0 Å². The first-order valence-electron chi connectivity index (χ1n) is 7.58. The van der Waals surface area contributed by atoms with Crippen molar-refractivity contribution >= 4 is 27.0 Å². The predicted molar refractivity (Wildman–Crippen MR) is 97.9 cm³/mol. The number of rotatable bonds is 4. The van der Waals surface area contributed by atoms with Gasteiger partial charge in [0, 0.05) is 17.6 Å². The Labute approximate surface area is 150 Å². The van der Waals surface area contributed by atoms with E-state index in [0.717, 1.165) is 27.3 Å². The molecule has 0 aliphatic carbocycles. The smallest absolute Gasteiger partial charge is 0.263 e. The molecule has 0 spiro atoms. The molecular weight excluding hydrogens is 361 g/mol. The molecule has 0 aliphatic heterocycles. The maximum atomic E-state index is 13.3. The van der Waals surface area contributed by atoms with Gasteiger partial charge in [0.1, 0.15) is 15.7 Å². The zero-order valence-corrected chi connectivity index (χ0v) is 15.9. The van der Waals surface area contributed by atoms with Crippen LogP contribution < -0.4 is 4.72 Å². The molecule has 0 amide bonds. The van der Waals surface area contributed by atoms with E-state index in [9.17, 15) is 12.8 Å². The van der Waals surface area contributed by atoms with E-state index in [2.05, 4.69) is 9.71 Å². The van der Waals surface area contributed by atoms with Crippen molar-refractivity contribution in [3.05, 3.63) is 52.4 Å². The van der Waals surface area contributed by atoms with Gasteiger partial charge in [0.2, 0.25) is 0 Å². The van der Waals surface area contributed by atoms with Crippen LogP contribution in [0.25, 0.3) is 10.7 Å². The minimum absolute atomic E-state index is 0.153. The van der Waals surface area contributed by atoms with E-state index in [-0.39, 0.29) is 10.6 Å². The average Bonchev–Trinajstić information content (AvgIpc) is 3.00. The van der Waals surface area contributed by atoms with Gasteiger partial charge in [-0.3, -0.25) is 4.72 Å². The van der Waals surface area contributed by atoms with E-state index < -0.39 is 15.8 Å². The number of hydrogen-bond acceptors (Lipinski definition) is 4. The van der Waals surface area contributed by atoms with Crippen molar-refractivity contribution in [2.24, 2.45) is 7.05 Å². The molecule has 0 bridgehead atoms. The molecule has 3 rings (SSSR count). The molecule has 3 aromatic rings. The zero-order chi connectivity index (χ0) is 18.4. The molecule has 5 nitrogen and oxygen atoms in total. The van der Waals surface area contributed by atoms with Crippen LogP contribution in [-0.4, -0.2) is 18.0 Å². The fourth-order valence-electron chi connectivity index (χ4n) is 2.49. The van der Waals surface area contributed by atoms with E-state index in [1.54, 1.807) is 24.6 Å². The summed E-state index contributed by atoms with van der Waals surface area (Å²) in [5.41, 5.74) is 2.44. The minimum atomic E-state index is -3.83. The summed E-state index contributed by atoms with van der Waals surface area (Å²) in [6.07, 6.45) is 0. The van der Waals surface area contributed by atoms with Crippen molar-refractivity contribution < 1.29 is 12.8 Å². The molecule has 0 atom stereocenters. The zero-order valence-electron chi connectivity index (χ0n) is 14.3. The van der Waals surface area contributed by atoms with Crippen LogP contribution in [0.5, 0.6) is 0 Å². The standard InChI is InChI=1S/C17H18FN3O2S2/c1-10-12(3)24-17(19-10)15-9-16(11(2)21(15)4)25(22,23)20-14-7-5-6-13(18)8-14/h5-9,20H,1-4H3. The van der Waals surface area contributed by atoms with Gasteiger partial charge in [-0.05, 0) is 45.0 Å². The van der Waals surface area contributed by atoms with Gasteiger partial charge in [-0.15, -0.1) is 11.3 Å². The number of hydrogen-bond donors (Lipinski definition) is 1. The van der Waals surface area contributed by atoms with Gasteiger partial charge in [0.05, 0.1) is 17.1 Å². The largest absolute Gasteiger partial charge is 0.345 e. The highest BCUT2D eigenvalue weighted by atomic mass is 32.2. The van der Waals surface area contributed by atoms with Crippen LogP contribution in [0.2, 0.25) is 0 Å². The van der Waals surface area contributed by atoms with Crippen LogP contribution in [0.4, 0.5) is 10.1 Å². The number of anilines is 1. The molecule has 25 heavy (non-hydrogen) atoms. The molecule has 0 saturated heterocycles. The van der Waals surface area contributed by atoms with Gasteiger partial charge in [0.15, 0.2) is 0 Å². The molecule has 8 heteroatoms. The lowest BCUT2D eigenvalue weighted by Gasteiger charge is -2.08. The third-order valence-electron chi connectivity index (χ3n) is 4.10. The van der Waals surface area contributed by atoms with Gasteiger partial charge in [0.25, 0.3) is 10.0 Å². The molecule has 132 valence electrons. The Hall–Kier alpha value is -2.19. The van der Waals surface area contributed by atoms with Crippen LogP contribution in [0, 0.1) is 26.6 Å². The maximum Gasteiger partial charge on any atom is 0.263 e. The summed E-state index contributed by atoms with van der Waals surface area (Å²) in [7, 11) is -2.03. The Kier molecular flexibility index (Phi) is 4.42. The SMILES string of the molecule is Cc1nc(-c2cc(S(=O)(=O)Nc3cccc(F)c3)c(C)n2C)sc1C. The van der Waals surface area contributed by atoms with E-state index >= 15 is 0 Å². The van der Waals surface area contributed by atoms with Crippen LogP contribution in [0.15, 0.2) is 35.2 Å². The number of thiazole rings is 1. The summed E-state index contributed by atoms with van der Waals surface area (Å²) in [6.45, 7) is 5.64. The van der Waals surface area contributed by atoms with E-state index in [0.29, 0.717) is 5.69 Å². The van der Waals surface area contributed by atoms with Crippen molar-refractivity contribution in [2.75, 3.05) is 4.72 Å². The third kappa shape index (κ3) is 3.32. The second-order valence-corrected chi connectivity index (χ2v) is 8.67. The van der Waals surface area contributed by atoms with Gasteiger partial charge >= 0.3 is 0 Å². The van der Waals surface area contributed by atoms with Gasteiger partial charge in [-0.1, -0.05) is 6.07 Å². The predicted octanol–water partition coefficient (Wildman–Crippen LogP) is 4.01. The molecular formula is C17H18FN3O2S2. The normalized spacial score (nSPS) is 11.7. The van der Waals surface area contributed by atoms with Crippen LogP contribution in [0.1, 0.15) is 16.3 Å². The maximum absolute atomic E-state index is 13.3. The average molecular weight is 379 g/mol. The Morgan fingerprint density at radius 1 is 1.20 bits per heavy atom. The summed E-state index contributed by atoms with van der Waals surface area (Å²) in [4.78, 5) is 5.75. The lowest BCUT2D eigenvalue weighted by molar-refractivity contribution is 0.600. The number of nitrogens with one attached hydrogen (secondary N) is 1. The molecule has 0 radical (unpaired) electrons. The van der Waals surface area contributed by atoms with Crippen LogP contribution in [-0.2, 0) is 17.1 Å². The quantitative estimate of drug-likeness (QED) is 0.745. The minimum Gasteiger partial charge on any atom is -0.345 e. The number of sulfonamides is 1. The summed E-state index contributed by atoms with van der Waals surface area (Å²) in [6, 6.07) is 6.97. The number of benzene rings is 1. The highest BCUT2D eigenvalue weighted by Gasteiger charge is 2.24. The van der Waals surface area contributed by atoms with Crippen molar-refractivity contribution in [1.29, 1.82) is 0 Å². The first kappa shape index (κ1) is 17.6. The lowest BCUT2D eigenvalue weighted by atomic mass is 10.3. The van der Waals surface area contributed by atoms with Crippen molar-refractivity contribution in [3.63, 3.8) is 0 Å². The molecule has 0 fully saturated rings. The second kappa shape index (κ2) is 6.27. The molecule has 2 aromatic heterocycles. The highest BCUT2D eigenvalue weighted by Crippen LogP contribution is 2.32. The Bertz CT molecular complexity index is 1030. The number of aromatic nitrogens is 2. The van der Waals surface area contributed by atoms with E-state index in [1.807, 2.05) is 13.8 Å². The highest BCUT2D eigenvalue weighted by molar-refractivity contribution is 7.92. The fraction of sp³-hybridized carbons (Fsp3) is 0.235. The van der Waals surface area contributed by atoms with E-state index in [1.165, 1.54) is 29.5 Å². The monoisotopic (exact) mass is 379 g/mol. The van der Waals surface area contributed by atoms with Gasteiger partial charge in [-0.25, -0.2) is 17.8 Å². The molecule has 0 unspecified atom stereocenters. The molecule has 2 heterocycles. The molecule has 1 aromatic carbocycles. The van der Waals surface area contributed by atoms with Gasteiger partial charge < -0.3 is 4.57 Å². The molecule has 1 N–H and O–H groups in total. The first-order chi connectivity index (χ1) is 11.7. The summed E-state index contributed by atoms with van der Waals surface area (Å²) >= 11 is 1.52. The van der Waals surface area contributed by atoms with Crippen molar-refractivity contribution in [2.45, 2.75) is 25.7 Å². The third-order valence-corrected chi connectivity index (χ3v) is 6.69. The van der Waals surface area contributed by atoms with Crippen LogP contribution in [0.3, 0.4) is 0 Å². The topological polar surface area (TPSA) is 64.0 Å². The first-order valence-corrected chi connectivity index (χ1v) is 9.88. The fourth-order valence-corrected chi connectivity index (χ4v) is 4.80. The second-order valence-electron chi connectivity index (χ2n) is 5.81. The molecule has 0 aliphatic rings. The Balaban J connectivity index is 2.04. The summed E-state index contributed by atoms with van der Waals surface area (Å²) in [5, 5.41) is 0.771. The Morgan fingerprint density at radius 3 is 2.52 bits per heavy atom. The number of nitrogens with zero attached hydrogens (tertiary/aromatic N) is 2.